The molecule has 196 valence electrons. The number of nitrogens with zero attached hydrogens (tertiary/aromatic N) is 3. The molecule has 0 amide bonds. The number of benzene rings is 3. The normalized spacial score (nSPS) is 11.7. The van der Waals surface area contributed by atoms with Crippen molar-refractivity contribution < 1.29 is 23.1 Å². The Bertz CT molecular complexity index is 1720. The Morgan fingerprint density at radius 1 is 0.947 bits per heavy atom. The molecule has 1 N–H and O–H groups in total. The molecule has 0 fully saturated rings. The van der Waals surface area contributed by atoms with E-state index in [1.54, 1.807) is 36.4 Å². The zero-order valence-corrected chi connectivity index (χ0v) is 22.4. The van der Waals surface area contributed by atoms with Crippen molar-refractivity contribution in [3.8, 4) is 5.75 Å². The van der Waals surface area contributed by atoms with Gasteiger partial charge in [-0.2, -0.15) is 0 Å². The quantitative estimate of drug-likeness (QED) is 0.151. The van der Waals surface area contributed by atoms with Crippen LogP contribution < -0.4 is 4.74 Å². The second-order valence-electron chi connectivity index (χ2n) is 8.57. The first-order valence-corrected chi connectivity index (χ1v) is 13.0. The molecular weight excluding hydrogens is 526 g/mol. The van der Waals surface area contributed by atoms with Gasteiger partial charge >= 0.3 is 0 Å². The lowest BCUT2D eigenvalue weighted by Gasteiger charge is -2.11. The number of hydrogen-bond donors (Lipinski definition) is 1. The molecule has 0 bridgehead atoms. The molecule has 38 heavy (non-hydrogen) atoms. The Morgan fingerprint density at radius 3 is 2.37 bits per heavy atom. The Kier molecular flexibility index (Phi) is 8.01. The minimum Gasteiger partial charge on any atom is -0.488 e. The van der Waals surface area contributed by atoms with E-state index in [2.05, 4.69) is 10.1 Å². The molecule has 10 heteroatoms. The van der Waals surface area contributed by atoms with E-state index in [0.717, 1.165) is 11.1 Å². The van der Waals surface area contributed by atoms with Crippen LogP contribution in [0.15, 0.2) is 89.0 Å². The number of ether oxygens (including phenoxy) is 2. The summed E-state index contributed by atoms with van der Waals surface area (Å²) in [5.41, 5.74) is 3.68. The molecule has 0 unspecified atom stereocenters. The van der Waals surface area contributed by atoms with Gasteiger partial charge in [-0.25, -0.2) is 12.4 Å². The monoisotopic (exact) mass is 551 g/mol. The van der Waals surface area contributed by atoms with Gasteiger partial charge in [0.15, 0.2) is 0 Å². The number of aromatic nitrogens is 2. The van der Waals surface area contributed by atoms with Crippen LogP contribution in [-0.4, -0.2) is 35.9 Å². The van der Waals surface area contributed by atoms with Crippen molar-refractivity contribution in [2.45, 2.75) is 25.0 Å². The molecule has 2 aromatic heterocycles. The average molecular weight is 552 g/mol. The minimum absolute atomic E-state index is 0. The zero-order chi connectivity index (χ0) is 26.0. The molecule has 0 saturated heterocycles. The van der Waals surface area contributed by atoms with E-state index < -0.39 is 10.0 Å². The number of fused-ring (bicyclic) bond motifs is 3. The van der Waals surface area contributed by atoms with Gasteiger partial charge in [0, 0.05) is 18.1 Å². The fourth-order valence-electron chi connectivity index (χ4n) is 4.45. The molecule has 0 aliphatic heterocycles. The van der Waals surface area contributed by atoms with Crippen LogP contribution in [0.3, 0.4) is 0 Å². The van der Waals surface area contributed by atoms with Gasteiger partial charge in [0.25, 0.3) is 10.0 Å². The van der Waals surface area contributed by atoms with Crippen molar-refractivity contribution >= 4 is 50.5 Å². The Labute approximate surface area is 226 Å². The van der Waals surface area contributed by atoms with Crippen LogP contribution in [-0.2, 0) is 28.0 Å². The first kappa shape index (κ1) is 27.1. The smallest absolute Gasteiger partial charge is 0.268 e. The summed E-state index contributed by atoms with van der Waals surface area (Å²) >= 11 is 0. The predicted molar refractivity (Wildman–Crippen MR) is 149 cm³/mol. The second kappa shape index (κ2) is 11.2. The summed E-state index contributed by atoms with van der Waals surface area (Å²) in [5.74, 6) is 0.514. The van der Waals surface area contributed by atoms with Crippen LogP contribution in [0, 0.1) is 6.92 Å². The third-order valence-electron chi connectivity index (χ3n) is 6.15. The van der Waals surface area contributed by atoms with Crippen molar-refractivity contribution in [3.63, 3.8) is 0 Å². The van der Waals surface area contributed by atoms with Crippen LogP contribution in [0.1, 0.15) is 22.4 Å². The SMILES string of the molecule is COCc1c(/C=N/O)ncc2c1c1c(OCc3ccccc3)cccc1n2S(=O)(=O)c1ccc(C)cc1.Cl. The fraction of sp³-hybridized carbons (Fsp3) is 0.143. The summed E-state index contributed by atoms with van der Waals surface area (Å²) in [6.45, 7) is 2.31. The maximum atomic E-state index is 14.0. The number of methoxy groups -OCH3 is 1. The highest BCUT2D eigenvalue weighted by Crippen LogP contribution is 2.40. The van der Waals surface area contributed by atoms with Crippen LogP contribution >= 0.6 is 12.4 Å². The summed E-state index contributed by atoms with van der Waals surface area (Å²) in [7, 11) is -2.47. The lowest BCUT2D eigenvalue weighted by atomic mass is 10.1. The molecule has 2 heterocycles. The maximum Gasteiger partial charge on any atom is 0.268 e. The van der Waals surface area contributed by atoms with E-state index in [1.807, 2.05) is 43.3 Å². The maximum absolute atomic E-state index is 14.0. The van der Waals surface area contributed by atoms with Crippen molar-refractivity contribution in [1.29, 1.82) is 0 Å². The molecule has 0 spiro atoms. The van der Waals surface area contributed by atoms with E-state index in [0.29, 0.717) is 45.4 Å². The molecule has 3 aromatic carbocycles. The molecule has 0 atom stereocenters. The Balaban J connectivity index is 0.00000336. The highest BCUT2D eigenvalue weighted by Gasteiger charge is 2.27. The first-order chi connectivity index (χ1) is 18.0. The van der Waals surface area contributed by atoms with Gasteiger partial charge in [0.05, 0.1) is 46.0 Å². The average Bonchev–Trinajstić information content (AvgIpc) is 3.26. The van der Waals surface area contributed by atoms with Gasteiger partial charge in [0.2, 0.25) is 0 Å². The number of rotatable bonds is 8. The highest BCUT2D eigenvalue weighted by atomic mass is 35.5. The minimum atomic E-state index is -4.01. The summed E-state index contributed by atoms with van der Waals surface area (Å²) in [5, 5.41) is 13.6. The van der Waals surface area contributed by atoms with E-state index in [4.69, 9.17) is 9.47 Å². The number of aryl methyl sites for hydroxylation is 1. The summed E-state index contributed by atoms with van der Waals surface area (Å²) < 4.78 is 41.0. The molecule has 5 aromatic rings. The summed E-state index contributed by atoms with van der Waals surface area (Å²) in [4.78, 5) is 4.55. The zero-order valence-electron chi connectivity index (χ0n) is 20.7. The molecule has 0 saturated carbocycles. The van der Waals surface area contributed by atoms with Crippen LogP contribution in [0.25, 0.3) is 21.8 Å². The van der Waals surface area contributed by atoms with Gasteiger partial charge in [-0.3, -0.25) is 4.98 Å². The molecular formula is C28H26ClN3O5S. The molecule has 0 radical (unpaired) electrons. The Hall–Kier alpha value is -3.92. The number of pyridine rings is 1. The van der Waals surface area contributed by atoms with Crippen molar-refractivity contribution in [1.82, 2.24) is 8.96 Å². The van der Waals surface area contributed by atoms with Crippen LogP contribution in [0.4, 0.5) is 0 Å². The third kappa shape index (κ3) is 4.83. The van der Waals surface area contributed by atoms with Gasteiger partial charge in [-0.1, -0.05) is 59.3 Å². The van der Waals surface area contributed by atoms with Crippen molar-refractivity contribution in [2.24, 2.45) is 5.16 Å². The fourth-order valence-corrected chi connectivity index (χ4v) is 5.94. The van der Waals surface area contributed by atoms with Crippen LogP contribution in [0.5, 0.6) is 5.75 Å². The predicted octanol–water partition coefficient (Wildman–Crippen LogP) is 5.69. The molecule has 5 rings (SSSR count). The number of halogens is 1. The van der Waals surface area contributed by atoms with Crippen LogP contribution in [0.2, 0.25) is 0 Å². The molecule has 0 aliphatic rings. The Morgan fingerprint density at radius 2 is 1.68 bits per heavy atom. The van der Waals surface area contributed by atoms with Gasteiger partial charge in [-0.05, 0) is 36.8 Å². The van der Waals surface area contributed by atoms with Crippen molar-refractivity contribution in [3.05, 3.63) is 101 Å². The van der Waals surface area contributed by atoms with Gasteiger partial charge in [0.1, 0.15) is 12.4 Å². The highest BCUT2D eigenvalue weighted by molar-refractivity contribution is 7.90. The number of hydrogen-bond acceptors (Lipinski definition) is 7. The largest absolute Gasteiger partial charge is 0.488 e. The topological polar surface area (TPSA) is 103 Å². The van der Waals surface area contributed by atoms with E-state index in [9.17, 15) is 13.6 Å². The summed E-state index contributed by atoms with van der Waals surface area (Å²) in [6.07, 6.45) is 2.68. The van der Waals surface area contributed by atoms with E-state index in [-0.39, 0.29) is 23.9 Å². The first-order valence-electron chi connectivity index (χ1n) is 11.6. The molecule has 8 nitrogen and oxygen atoms in total. The summed E-state index contributed by atoms with van der Waals surface area (Å²) in [6, 6.07) is 21.7. The van der Waals surface area contributed by atoms with Gasteiger partial charge in [-0.15, -0.1) is 12.4 Å². The lowest BCUT2D eigenvalue weighted by molar-refractivity contribution is 0.185. The number of oxime groups is 1. The molecule has 0 aliphatic carbocycles. The third-order valence-corrected chi connectivity index (χ3v) is 7.89. The van der Waals surface area contributed by atoms with E-state index >= 15 is 0 Å². The second-order valence-corrected chi connectivity index (χ2v) is 10.4. The van der Waals surface area contributed by atoms with E-state index in [1.165, 1.54) is 23.5 Å². The standard InChI is InChI=1S/C28H25N3O5S.ClH/c1-19-11-13-21(14-12-19)37(33,34)31-24-9-6-10-26(36-17-20-7-4-3-5-8-20)28(24)27-22(18-35-2)23(15-30-32)29-16-25(27)31;/h3-16,32H,17-18H2,1-2H3;1H/b30-15+;. The van der Waals surface area contributed by atoms with Gasteiger partial charge < -0.3 is 14.7 Å². The van der Waals surface area contributed by atoms with Crippen molar-refractivity contribution in [2.75, 3.05) is 7.11 Å². The lowest BCUT2D eigenvalue weighted by Crippen LogP contribution is -2.13.